The fourth-order valence-corrected chi connectivity index (χ4v) is 2.91. The summed E-state index contributed by atoms with van der Waals surface area (Å²) in [5.41, 5.74) is 0.350. The van der Waals surface area contributed by atoms with Crippen molar-refractivity contribution < 1.29 is 9.53 Å². The first kappa shape index (κ1) is 13.1. The molecule has 0 N–H and O–H groups in total. The number of ether oxygens (including phenoxy) is 1. The zero-order chi connectivity index (χ0) is 13.9. The smallest absolute Gasteiger partial charge is 0.286 e. The summed E-state index contributed by atoms with van der Waals surface area (Å²) in [6.45, 7) is 2.34. The Balaban J connectivity index is 1.89. The molecule has 0 saturated carbocycles. The molecule has 0 aromatic carbocycles. The van der Waals surface area contributed by atoms with E-state index >= 15 is 0 Å². The van der Waals surface area contributed by atoms with E-state index in [4.69, 9.17) is 4.74 Å². The van der Waals surface area contributed by atoms with Crippen LogP contribution in [0, 0.1) is 0 Å². The lowest BCUT2D eigenvalue weighted by Gasteiger charge is -2.26. The predicted molar refractivity (Wildman–Crippen MR) is 75.1 cm³/mol. The van der Waals surface area contributed by atoms with Gasteiger partial charge in [-0.25, -0.2) is 4.98 Å². The summed E-state index contributed by atoms with van der Waals surface area (Å²) in [5.74, 6) is 0. The zero-order valence-corrected chi connectivity index (χ0v) is 11.5. The molecule has 1 fully saturated rings. The minimum Gasteiger partial charge on any atom is -0.378 e. The SMILES string of the molecule is O=C(Sc1cccn2c(=O)ccnc12)N1CCOCC1. The molecule has 1 aliphatic heterocycles. The second kappa shape index (κ2) is 5.64. The van der Waals surface area contributed by atoms with Gasteiger partial charge in [-0.15, -0.1) is 0 Å². The van der Waals surface area contributed by atoms with Gasteiger partial charge in [0.2, 0.25) is 0 Å². The highest BCUT2D eigenvalue weighted by Crippen LogP contribution is 2.24. The van der Waals surface area contributed by atoms with Crippen LogP contribution in [0.5, 0.6) is 0 Å². The fourth-order valence-electron chi connectivity index (χ4n) is 2.02. The third-order valence-corrected chi connectivity index (χ3v) is 4.02. The monoisotopic (exact) mass is 291 g/mol. The predicted octanol–water partition coefficient (Wildman–Crippen LogP) is 1.24. The Morgan fingerprint density at radius 1 is 1.30 bits per heavy atom. The molecule has 0 bridgehead atoms. The molecule has 1 amide bonds. The molecule has 0 unspecified atom stereocenters. The third kappa shape index (κ3) is 2.54. The molecule has 0 atom stereocenters. The Bertz CT molecular complexity index is 695. The zero-order valence-electron chi connectivity index (χ0n) is 10.7. The third-order valence-electron chi connectivity index (χ3n) is 3.05. The number of rotatable bonds is 1. The maximum atomic E-state index is 12.2. The van der Waals surface area contributed by atoms with E-state index in [1.165, 1.54) is 16.7 Å². The number of carbonyl (C=O) groups is 1. The number of nitrogens with zero attached hydrogens (tertiary/aromatic N) is 3. The van der Waals surface area contributed by atoms with Crippen molar-refractivity contribution in [1.82, 2.24) is 14.3 Å². The normalized spacial score (nSPS) is 15.5. The van der Waals surface area contributed by atoms with Crippen molar-refractivity contribution in [1.29, 1.82) is 0 Å². The van der Waals surface area contributed by atoms with E-state index in [0.717, 1.165) is 11.8 Å². The van der Waals surface area contributed by atoms with Crippen LogP contribution in [0.1, 0.15) is 0 Å². The topological polar surface area (TPSA) is 63.9 Å². The highest BCUT2D eigenvalue weighted by molar-refractivity contribution is 8.13. The Morgan fingerprint density at radius 3 is 2.90 bits per heavy atom. The van der Waals surface area contributed by atoms with Crippen LogP contribution >= 0.6 is 11.8 Å². The van der Waals surface area contributed by atoms with Crippen LogP contribution < -0.4 is 5.56 Å². The van der Waals surface area contributed by atoms with E-state index in [2.05, 4.69) is 4.98 Å². The minimum atomic E-state index is -0.156. The molecule has 1 saturated heterocycles. The number of pyridine rings is 1. The Kier molecular flexibility index (Phi) is 3.70. The van der Waals surface area contributed by atoms with E-state index < -0.39 is 0 Å². The summed E-state index contributed by atoms with van der Waals surface area (Å²) in [7, 11) is 0. The number of fused-ring (bicyclic) bond motifs is 1. The molecule has 3 rings (SSSR count). The minimum absolute atomic E-state index is 0.0421. The van der Waals surface area contributed by atoms with Gasteiger partial charge in [0.15, 0.2) is 5.65 Å². The van der Waals surface area contributed by atoms with Crippen molar-refractivity contribution in [3.05, 3.63) is 40.9 Å². The van der Waals surface area contributed by atoms with Crippen molar-refractivity contribution in [3.63, 3.8) is 0 Å². The van der Waals surface area contributed by atoms with Gasteiger partial charge in [0, 0.05) is 31.5 Å². The van der Waals surface area contributed by atoms with Gasteiger partial charge in [-0.1, -0.05) is 0 Å². The average molecular weight is 291 g/mol. The van der Waals surface area contributed by atoms with Gasteiger partial charge in [0.25, 0.3) is 10.8 Å². The van der Waals surface area contributed by atoms with Gasteiger partial charge in [-0.2, -0.15) is 0 Å². The Labute approximate surface area is 119 Å². The number of hydrogen-bond acceptors (Lipinski definition) is 5. The van der Waals surface area contributed by atoms with E-state index in [1.807, 2.05) is 0 Å². The van der Waals surface area contributed by atoms with Crippen LogP contribution in [0.3, 0.4) is 0 Å². The number of thioether (sulfide) groups is 1. The lowest BCUT2D eigenvalue weighted by atomic mass is 10.4. The molecule has 0 spiro atoms. The number of amides is 1. The van der Waals surface area contributed by atoms with Crippen LogP contribution in [0.15, 0.2) is 40.3 Å². The fraction of sp³-hybridized carbons (Fsp3) is 0.308. The van der Waals surface area contributed by atoms with Gasteiger partial charge in [0.05, 0.1) is 18.1 Å². The van der Waals surface area contributed by atoms with Crippen molar-refractivity contribution in [2.24, 2.45) is 0 Å². The second-order valence-electron chi connectivity index (χ2n) is 4.32. The molecule has 2 aromatic heterocycles. The standard InChI is InChI=1S/C13H13N3O3S/c17-11-3-4-14-12-10(2-1-5-16(11)12)20-13(18)15-6-8-19-9-7-15/h1-5H,6-9H2. The van der Waals surface area contributed by atoms with E-state index in [0.29, 0.717) is 36.8 Å². The van der Waals surface area contributed by atoms with Crippen molar-refractivity contribution in [2.75, 3.05) is 26.3 Å². The largest absolute Gasteiger partial charge is 0.378 e. The molecular weight excluding hydrogens is 278 g/mol. The number of carbonyl (C=O) groups excluding carboxylic acids is 1. The molecule has 0 aliphatic carbocycles. The van der Waals surface area contributed by atoms with Gasteiger partial charge >= 0.3 is 0 Å². The lowest BCUT2D eigenvalue weighted by molar-refractivity contribution is 0.0593. The van der Waals surface area contributed by atoms with Crippen molar-refractivity contribution >= 4 is 22.6 Å². The molecule has 6 nitrogen and oxygen atoms in total. The van der Waals surface area contributed by atoms with E-state index in [1.54, 1.807) is 23.2 Å². The van der Waals surface area contributed by atoms with Crippen molar-refractivity contribution in [3.8, 4) is 0 Å². The Hall–Kier alpha value is -1.86. The van der Waals surface area contributed by atoms with Crippen LogP contribution in [0.4, 0.5) is 4.79 Å². The van der Waals surface area contributed by atoms with E-state index in [9.17, 15) is 9.59 Å². The van der Waals surface area contributed by atoms with Gasteiger partial charge < -0.3 is 9.64 Å². The molecule has 104 valence electrons. The highest BCUT2D eigenvalue weighted by Gasteiger charge is 2.19. The number of hydrogen-bond donors (Lipinski definition) is 0. The molecule has 3 heterocycles. The summed E-state index contributed by atoms with van der Waals surface area (Å²) >= 11 is 1.10. The number of aromatic nitrogens is 2. The second-order valence-corrected chi connectivity index (χ2v) is 5.31. The van der Waals surface area contributed by atoms with E-state index in [-0.39, 0.29) is 10.8 Å². The quantitative estimate of drug-likeness (QED) is 0.740. The molecule has 7 heteroatoms. The maximum Gasteiger partial charge on any atom is 0.286 e. The first-order valence-corrected chi connectivity index (χ1v) is 7.08. The Morgan fingerprint density at radius 2 is 2.10 bits per heavy atom. The van der Waals surface area contributed by atoms with Gasteiger partial charge in [0.1, 0.15) is 0 Å². The van der Waals surface area contributed by atoms with Crippen LogP contribution in [-0.2, 0) is 4.74 Å². The summed E-state index contributed by atoms with van der Waals surface area (Å²) < 4.78 is 6.66. The summed E-state index contributed by atoms with van der Waals surface area (Å²) in [6.07, 6.45) is 3.11. The highest BCUT2D eigenvalue weighted by atomic mass is 32.2. The van der Waals surface area contributed by atoms with Gasteiger partial charge in [-0.3, -0.25) is 14.0 Å². The molecule has 0 radical (unpaired) electrons. The number of morpholine rings is 1. The molecule has 20 heavy (non-hydrogen) atoms. The van der Waals surface area contributed by atoms with Crippen LogP contribution in [0.2, 0.25) is 0 Å². The average Bonchev–Trinajstić information content (AvgIpc) is 2.49. The van der Waals surface area contributed by atoms with Crippen LogP contribution in [-0.4, -0.2) is 45.8 Å². The van der Waals surface area contributed by atoms with Crippen molar-refractivity contribution in [2.45, 2.75) is 4.90 Å². The van der Waals surface area contributed by atoms with Crippen LogP contribution in [0.25, 0.3) is 5.65 Å². The molecule has 1 aliphatic rings. The summed E-state index contributed by atoms with van der Waals surface area (Å²) in [4.78, 5) is 30.6. The first-order valence-electron chi connectivity index (χ1n) is 6.26. The molecular formula is C13H13N3O3S. The molecule has 2 aromatic rings. The maximum absolute atomic E-state index is 12.2. The summed E-state index contributed by atoms with van der Waals surface area (Å²) in [5, 5.41) is -0.0421. The van der Waals surface area contributed by atoms with Gasteiger partial charge in [-0.05, 0) is 23.9 Å². The lowest BCUT2D eigenvalue weighted by Crippen LogP contribution is -2.38. The first-order chi connectivity index (χ1) is 9.75. The summed E-state index contributed by atoms with van der Waals surface area (Å²) in [6, 6.07) is 4.93.